The molecule has 0 spiro atoms. The molecule has 146 valence electrons. The van der Waals surface area contributed by atoms with Crippen LogP contribution in [0.2, 0.25) is 0 Å². The van der Waals surface area contributed by atoms with Crippen LogP contribution in [0.25, 0.3) is 11.0 Å². The number of fused-ring (bicyclic) bond motifs is 1. The molecule has 2 N–H and O–H groups in total. The van der Waals surface area contributed by atoms with Crippen LogP contribution in [-0.2, 0) is 6.54 Å². The summed E-state index contributed by atoms with van der Waals surface area (Å²) >= 11 is 0. The van der Waals surface area contributed by atoms with E-state index in [1.54, 1.807) is 10.7 Å². The van der Waals surface area contributed by atoms with Crippen LogP contribution in [0, 0.1) is 0 Å². The lowest BCUT2D eigenvalue weighted by Gasteiger charge is -2.26. The molecule has 1 aromatic carbocycles. The van der Waals surface area contributed by atoms with Crippen LogP contribution in [-0.4, -0.2) is 57.5 Å². The lowest BCUT2D eigenvalue weighted by Crippen LogP contribution is -2.41. The summed E-state index contributed by atoms with van der Waals surface area (Å²) in [5.41, 5.74) is 2.21. The Bertz CT molecular complexity index is 797. The Morgan fingerprint density at radius 3 is 2.74 bits per heavy atom. The average Bonchev–Trinajstić information content (AvgIpc) is 3.10. The smallest absolute Gasteiger partial charge is 0.315 e. The van der Waals surface area contributed by atoms with Crippen LogP contribution in [0.5, 0.6) is 0 Å². The quantitative estimate of drug-likeness (QED) is 0.813. The van der Waals surface area contributed by atoms with Crippen LogP contribution >= 0.6 is 0 Å². The molecule has 2 heterocycles. The number of urea groups is 1. The molecule has 1 aromatic heterocycles. The van der Waals surface area contributed by atoms with Gasteiger partial charge in [0, 0.05) is 31.2 Å². The molecule has 1 aliphatic rings. The Balaban J connectivity index is 1.60. The Labute approximate surface area is 159 Å². The van der Waals surface area contributed by atoms with E-state index >= 15 is 0 Å². The summed E-state index contributed by atoms with van der Waals surface area (Å²) in [5.74, 6) is 0.0644. The molecule has 1 atom stereocenters. The number of nitrogens with zero attached hydrogens (tertiary/aromatic N) is 4. The summed E-state index contributed by atoms with van der Waals surface area (Å²) in [6, 6.07) is 5.49. The number of carbonyl (C=O) groups excluding carboxylic acids is 2. The minimum atomic E-state index is -0.178. The minimum Gasteiger partial charge on any atom is -0.339 e. The zero-order chi connectivity index (χ0) is 19.2. The summed E-state index contributed by atoms with van der Waals surface area (Å²) in [4.78, 5) is 26.3. The molecule has 3 amide bonds. The predicted molar refractivity (Wildman–Crippen MR) is 104 cm³/mol. The maximum Gasteiger partial charge on any atom is 0.315 e. The first-order valence-corrected chi connectivity index (χ1v) is 9.75. The van der Waals surface area contributed by atoms with Crippen molar-refractivity contribution in [3.63, 3.8) is 0 Å². The van der Waals surface area contributed by atoms with Crippen molar-refractivity contribution in [1.29, 1.82) is 0 Å². The van der Waals surface area contributed by atoms with Crippen molar-refractivity contribution in [3.05, 3.63) is 23.8 Å². The first kappa shape index (κ1) is 19.1. The van der Waals surface area contributed by atoms with Crippen molar-refractivity contribution in [2.75, 3.05) is 19.6 Å². The number of piperidine rings is 1. The number of rotatable bonds is 6. The number of amides is 3. The fourth-order valence-electron chi connectivity index (χ4n) is 3.20. The summed E-state index contributed by atoms with van der Waals surface area (Å²) in [6.07, 6.45) is 4.23. The highest BCUT2D eigenvalue weighted by Gasteiger charge is 2.19. The minimum absolute atomic E-state index is 0.0644. The van der Waals surface area contributed by atoms with Gasteiger partial charge in [0.2, 0.25) is 0 Å². The van der Waals surface area contributed by atoms with Gasteiger partial charge in [-0.2, -0.15) is 0 Å². The molecule has 1 fully saturated rings. The molecule has 27 heavy (non-hydrogen) atoms. The standard InChI is InChI=1S/C19H28N6O2/c1-3-14(2)21-19(27)20-9-12-25-17-8-7-15(13-16(17)22-23-25)18(26)24-10-5-4-6-11-24/h7-8,13-14H,3-6,9-12H2,1-2H3,(H2,20,21,27)/t14-/m0/s1. The van der Waals surface area contributed by atoms with Crippen molar-refractivity contribution in [2.45, 2.75) is 52.1 Å². The largest absolute Gasteiger partial charge is 0.339 e. The lowest BCUT2D eigenvalue weighted by molar-refractivity contribution is 0.0724. The number of aromatic nitrogens is 3. The summed E-state index contributed by atoms with van der Waals surface area (Å²) in [7, 11) is 0. The van der Waals surface area contributed by atoms with Gasteiger partial charge in [0.05, 0.1) is 12.1 Å². The van der Waals surface area contributed by atoms with Gasteiger partial charge in [-0.25, -0.2) is 9.48 Å². The van der Waals surface area contributed by atoms with Crippen molar-refractivity contribution in [2.24, 2.45) is 0 Å². The van der Waals surface area contributed by atoms with Gasteiger partial charge >= 0.3 is 6.03 Å². The van der Waals surface area contributed by atoms with Gasteiger partial charge in [-0.1, -0.05) is 12.1 Å². The zero-order valence-electron chi connectivity index (χ0n) is 16.1. The van der Waals surface area contributed by atoms with Gasteiger partial charge in [0.15, 0.2) is 0 Å². The van der Waals surface area contributed by atoms with E-state index in [0.717, 1.165) is 37.9 Å². The molecule has 0 saturated carbocycles. The van der Waals surface area contributed by atoms with Gasteiger partial charge in [0.25, 0.3) is 5.91 Å². The molecule has 8 heteroatoms. The van der Waals surface area contributed by atoms with Crippen molar-refractivity contribution in [3.8, 4) is 0 Å². The Morgan fingerprint density at radius 1 is 1.22 bits per heavy atom. The van der Waals surface area contributed by atoms with Crippen molar-refractivity contribution < 1.29 is 9.59 Å². The molecule has 0 unspecified atom stereocenters. The van der Waals surface area contributed by atoms with Gasteiger partial charge < -0.3 is 15.5 Å². The topological polar surface area (TPSA) is 92.1 Å². The molecular formula is C19H28N6O2. The Morgan fingerprint density at radius 2 is 2.00 bits per heavy atom. The first-order chi connectivity index (χ1) is 13.1. The van der Waals surface area contributed by atoms with E-state index in [-0.39, 0.29) is 18.0 Å². The molecule has 2 aromatic rings. The van der Waals surface area contributed by atoms with Crippen LogP contribution in [0.15, 0.2) is 18.2 Å². The third-order valence-electron chi connectivity index (χ3n) is 5.00. The molecule has 1 saturated heterocycles. The number of hydrogen-bond acceptors (Lipinski definition) is 4. The highest BCUT2D eigenvalue weighted by molar-refractivity contribution is 5.97. The van der Waals surface area contributed by atoms with E-state index in [0.29, 0.717) is 24.2 Å². The molecular weight excluding hydrogens is 344 g/mol. The van der Waals surface area contributed by atoms with Crippen molar-refractivity contribution >= 4 is 23.0 Å². The van der Waals surface area contributed by atoms with Gasteiger partial charge in [-0.3, -0.25) is 4.79 Å². The van der Waals surface area contributed by atoms with E-state index < -0.39 is 0 Å². The first-order valence-electron chi connectivity index (χ1n) is 9.75. The second-order valence-electron chi connectivity index (χ2n) is 7.08. The number of hydrogen-bond donors (Lipinski definition) is 2. The number of benzene rings is 1. The second kappa shape index (κ2) is 8.83. The highest BCUT2D eigenvalue weighted by Crippen LogP contribution is 2.17. The third kappa shape index (κ3) is 4.75. The molecule has 0 bridgehead atoms. The van der Waals surface area contributed by atoms with E-state index in [1.165, 1.54) is 6.42 Å². The highest BCUT2D eigenvalue weighted by atomic mass is 16.2. The Hall–Kier alpha value is -2.64. The SMILES string of the molecule is CC[C@H](C)NC(=O)NCCn1nnc2cc(C(=O)N3CCCCC3)ccc21. The van der Waals surface area contributed by atoms with Crippen LogP contribution in [0.1, 0.15) is 49.9 Å². The predicted octanol–water partition coefficient (Wildman–Crippen LogP) is 2.16. The molecule has 0 radical (unpaired) electrons. The van der Waals surface area contributed by atoms with Crippen LogP contribution < -0.4 is 10.6 Å². The summed E-state index contributed by atoms with van der Waals surface area (Å²) in [5, 5.41) is 14.0. The lowest BCUT2D eigenvalue weighted by atomic mass is 10.1. The summed E-state index contributed by atoms with van der Waals surface area (Å²) in [6.45, 7) is 6.62. The summed E-state index contributed by atoms with van der Waals surface area (Å²) < 4.78 is 1.74. The molecule has 0 aliphatic carbocycles. The average molecular weight is 372 g/mol. The maximum absolute atomic E-state index is 12.6. The van der Waals surface area contributed by atoms with Crippen LogP contribution in [0.4, 0.5) is 4.79 Å². The van der Waals surface area contributed by atoms with E-state index in [4.69, 9.17) is 0 Å². The molecule has 1 aliphatic heterocycles. The molecule has 3 rings (SSSR count). The Kier molecular flexibility index (Phi) is 6.26. The normalized spacial score (nSPS) is 15.6. The number of nitrogens with one attached hydrogen (secondary N) is 2. The van der Waals surface area contributed by atoms with E-state index in [1.807, 2.05) is 30.9 Å². The monoisotopic (exact) mass is 372 g/mol. The fraction of sp³-hybridized carbons (Fsp3) is 0.579. The van der Waals surface area contributed by atoms with Gasteiger partial charge in [-0.15, -0.1) is 5.10 Å². The van der Waals surface area contributed by atoms with Crippen LogP contribution in [0.3, 0.4) is 0 Å². The number of likely N-dealkylation sites (tertiary alicyclic amines) is 1. The third-order valence-corrected chi connectivity index (χ3v) is 5.00. The van der Waals surface area contributed by atoms with Gasteiger partial charge in [-0.05, 0) is 50.8 Å². The van der Waals surface area contributed by atoms with E-state index in [2.05, 4.69) is 20.9 Å². The fourth-order valence-corrected chi connectivity index (χ4v) is 3.20. The van der Waals surface area contributed by atoms with Crippen molar-refractivity contribution in [1.82, 2.24) is 30.5 Å². The number of carbonyl (C=O) groups is 2. The second-order valence-corrected chi connectivity index (χ2v) is 7.08. The maximum atomic E-state index is 12.6. The van der Waals surface area contributed by atoms with E-state index in [9.17, 15) is 9.59 Å². The zero-order valence-corrected chi connectivity index (χ0v) is 16.1. The van der Waals surface area contributed by atoms with Gasteiger partial charge in [0.1, 0.15) is 5.52 Å². The molecule has 8 nitrogen and oxygen atoms in total.